The van der Waals surface area contributed by atoms with E-state index in [1.165, 1.54) is 35.1 Å². The molecule has 2 fully saturated rings. The molecule has 1 saturated heterocycles. The molecule has 1 saturated carbocycles. The SMILES string of the molecule is CC(C)c1nnc(Sc2nc(CN3CCOCC3)nc3sc4c(c23)CC[C@@H](C)C4)n1C1CC1. The standard InChI is InChI=1S/C24H32N6OS2/c1-14(2)21-27-28-24(30(21)16-5-6-16)33-23-20-17-7-4-15(3)12-18(17)32-22(20)25-19(26-23)13-29-8-10-31-11-9-29/h14-16H,4-13H2,1-3H3/t15-/m1/s1. The van der Waals surface area contributed by atoms with Crippen LogP contribution in [0.25, 0.3) is 10.2 Å². The van der Waals surface area contributed by atoms with Crippen molar-refractivity contribution in [2.24, 2.45) is 5.92 Å². The van der Waals surface area contributed by atoms with Crippen molar-refractivity contribution in [2.45, 2.75) is 81.6 Å². The predicted octanol–water partition coefficient (Wildman–Crippen LogP) is 4.85. The van der Waals surface area contributed by atoms with Crippen molar-refractivity contribution in [3.8, 4) is 0 Å². The molecule has 1 aliphatic heterocycles. The van der Waals surface area contributed by atoms with Crippen LogP contribution in [0.5, 0.6) is 0 Å². The average molecular weight is 485 g/mol. The number of ether oxygens (including phenoxy) is 1. The summed E-state index contributed by atoms with van der Waals surface area (Å²) < 4.78 is 7.92. The molecule has 0 unspecified atom stereocenters. The van der Waals surface area contributed by atoms with E-state index in [0.717, 1.165) is 78.3 Å². The highest BCUT2D eigenvalue weighted by Crippen LogP contribution is 2.45. The van der Waals surface area contributed by atoms with Crippen LogP contribution in [0.2, 0.25) is 0 Å². The van der Waals surface area contributed by atoms with Crippen molar-refractivity contribution in [1.82, 2.24) is 29.6 Å². The number of morpholine rings is 1. The summed E-state index contributed by atoms with van der Waals surface area (Å²) >= 11 is 3.59. The molecule has 33 heavy (non-hydrogen) atoms. The molecule has 3 aromatic rings. The zero-order valence-corrected chi connectivity index (χ0v) is 21.3. The summed E-state index contributed by atoms with van der Waals surface area (Å²) in [6, 6.07) is 0.544. The largest absolute Gasteiger partial charge is 0.379 e. The van der Waals surface area contributed by atoms with E-state index in [-0.39, 0.29) is 0 Å². The van der Waals surface area contributed by atoms with Gasteiger partial charge in [-0.15, -0.1) is 21.5 Å². The van der Waals surface area contributed by atoms with Crippen molar-refractivity contribution >= 4 is 33.3 Å². The van der Waals surface area contributed by atoms with Gasteiger partial charge in [-0.2, -0.15) is 0 Å². The molecule has 3 aliphatic rings. The van der Waals surface area contributed by atoms with Gasteiger partial charge >= 0.3 is 0 Å². The van der Waals surface area contributed by atoms with Crippen molar-refractivity contribution in [2.75, 3.05) is 26.3 Å². The Morgan fingerprint density at radius 1 is 1.12 bits per heavy atom. The molecular formula is C24H32N6OS2. The third kappa shape index (κ3) is 4.33. The fraction of sp³-hybridized carbons (Fsp3) is 0.667. The molecule has 3 aromatic heterocycles. The molecule has 0 radical (unpaired) electrons. The first-order chi connectivity index (χ1) is 16.1. The van der Waals surface area contributed by atoms with Crippen LogP contribution in [0.1, 0.15) is 74.1 Å². The first kappa shape index (κ1) is 21.9. The number of nitrogens with zero attached hydrogens (tertiary/aromatic N) is 6. The van der Waals surface area contributed by atoms with E-state index in [0.29, 0.717) is 12.0 Å². The average Bonchev–Trinajstić information content (AvgIpc) is 3.44. The molecule has 4 heterocycles. The zero-order valence-electron chi connectivity index (χ0n) is 19.7. The minimum absolute atomic E-state index is 0.366. The predicted molar refractivity (Wildman–Crippen MR) is 131 cm³/mol. The summed E-state index contributed by atoms with van der Waals surface area (Å²) in [6.45, 7) is 11.0. The maximum Gasteiger partial charge on any atom is 0.197 e. The summed E-state index contributed by atoms with van der Waals surface area (Å²) in [5.74, 6) is 3.12. The van der Waals surface area contributed by atoms with E-state index in [4.69, 9.17) is 14.7 Å². The van der Waals surface area contributed by atoms with Crippen LogP contribution < -0.4 is 0 Å². The van der Waals surface area contributed by atoms with Crippen LogP contribution in [0, 0.1) is 5.92 Å². The van der Waals surface area contributed by atoms with Crippen LogP contribution in [0.3, 0.4) is 0 Å². The molecule has 0 spiro atoms. The van der Waals surface area contributed by atoms with Crippen LogP contribution >= 0.6 is 23.1 Å². The van der Waals surface area contributed by atoms with Gasteiger partial charge in [-0.3, -0.25) is 4.90 Å². The first-order valence-corrected chi connectivity index (χ1v) is 13.9. The number of rotatable bonds is 6. The van der Waals surface area contributed by atoms with Gasteiger partial charge in [-0.05, 0) is 55.3 Å². The molecule has 6 rings (SSSR count). The lowest BCUT2D eigenvalue weighted by Crippen LogP contribution is -2.36. The highest BCUT2D eigenvalue weighted by molar-refractivity contribution is 7.99. The minimum atomic E-state index is 0.366. The summed E-state index contributed by atoms with van der Waals surface area (Å²) in [7, 11) is 0. The fourth-order valence-corrected chi connectivity index (χ4v) is 7.50. The van der Waals surface area contributed by atoms with Gasteiger partial charge in [0, 0.05) is 35.3 Å². The Kier molecular flexibility index (Phi) is 5.92. The molecule has 0 amide bonds. The number of hydrogen-bond donors (Lipinski definition) is 0. The van der Waals surface area contributed by atoms with E-state index >= 15 is 0 Å². The number of fused-ring (bicyclic) bond motifs is 3. The Bertz CT molecular complexity index is 1160. The summed E-state index contributed by atoms with van der Waals surface area (Å²) in [4.78, 5) is 15.3. The highest BCUT2D eigenvalue weighted by atomic mass is 32.2. The van der Waals surface area contributed by atoms with Crippen LogP contribution in [-0.4, -0.2) is 55.9 Å². The van der Waals surface area contributed by atoms with E-state index < -0.39 is 0 Å². The van der Waals surface area contributed by atoms with Crippen molar-refractivity contribution in [3.05, 3.63) is 22.1 Å². The number of hydrogen-bond acceptors (Lipinski definition) is 8. The van der Waals surface area contributed by atoms with Gasteiger partial charge in [0.25, 0.3) is 0 Å². The summed E-state index contributed by atoms with van der Waals surface area (Å²) in [6.07, 6.45) is 5.98. The topological polar surface area (TPSA) is 69.0 Å². The second-order valence-electron chi connectivity index (χ2n) is 10.1. The second kappa shape index (κ2) is 8.91. The third-order valence-electron chi connectivity index (χ3n) is 6.94. The minimum Gasteiger partial charge on any atom is -0.379 e. The lowest BCUT2D eigenvalue weighted by molar-refractivity contribution is 0.0330. The maximum absolute atomic E-state index is 5.54. The molecular weight excluding hydrogens is 452 g/mol. The Labute approximate surface area is 203 Å². The van der Waals surface area contributed by atoms with E-state index in [1.807, 2.05) is 11.3 Å². The van der Waals surface area contributed by atoms with Gasteiger partial charge in [-0.1, -0.05) is 20.8 Å². The first-order valence-electron chi connectivity index (χ1n) is 12.3. The molecule has 0 aromatic carbocycles. The monoisotopic (exact) mass is 484 g/mol. The Morgan fingerprint density at radius 3 is 2.70 bits per heavy atom. The lowest BCUT2D eigenvalue weighted by atomic mass is 9.89. The second-order valence-corrected chi connectivity index (χ2v) is 12.1. The number of thiophene rings is 1. The van der Waals surface area contributed by atoms with Gasteiger partial charge in [0.15, 0.2) is 5.16 Å². The lowest BCUT2D eigenvalue weighted by Gasteiger charge is -2.25. The molecule has 176 valence electrons. The van der Waals surface area contributed by atoms with Crippen LogP contribution in [-0.2, 0) is 24.1 Å². The van der Waals surface area contributed by atoms with E-state index in [2.05, 4.69) is 40.4 Å². The van der Waals surface area contributed by atoms with Gasteiger partial charge in [0.05, 0.1) is 19.8 Å². The molecule has 9 heteroatoms. The molecule has 1 atom stereocenters. The zero-order chi connectivity index (χ0) is 22.5. The van der Waals surface area contributed by atoms with Gasteiger partial charge in [-0.25, -0.2) is 9.97 Å². The van der Waals surface area contributed by atoms with Crippen LogP contribution in [0.15, 0.2) is 10.2 Å². The Morgan fingerprint density at radius 2 is 1.94 bits per heavy atom. The van der Waals surface area contributed by atoms with Crippen molar-refractivity contribution in [1.29, 1.82) is 0 Å². The maximum atomic E-state index is 5.54. The van der Waals surface area contributed by atoms with Gasteiger partial charge < -0.3 is 9.30 Å². The smallest absolute Gasteiger partial charge is 0.197 e. The van der Waals surface area contributed by atoms with E-state index in [9.17, 15) is 0 Å². The molecule has 2 aliphatic carbocycles. The number of aromatic nitrogens is 5. The third-order valence-corrected chi connectivity index (χ3v) is 9.04. The normalized spacial score (nSPS) is 21.8. The summed E-state index contributed by atoms with van der Waals surface area (Å²) in [5, 5.41) is 12.6. The van der Waals surface area contributed by atoms with E-state index in [1.54, 1.807) is 11.8 Å². The van der Waals surface area contributed by atoms with Crippen LogP contribution in [0.4, 0.5) is 0 Å². The Hall–Kier alpha value is -1.55. The quantitative estimate of drug-likeness (QED) is 0.463. The van der Waals surface area contributed by atoms with Crippen molar-refractivity contribution < 1.29 is 4.74 Å². The fourth-order valence-electron chi connectivity index (χ4n) is 4.97. The Balaban J connectivity index is 1.42. The van der Waals surface area contributed by atoms with Gasteiger partial charge in [0.1, 0.15) is 21.5 Å². The molecule has 7 nitrogen and oxygen atoms in total. The molecule has 0 N–H and O–H groups in total. The molecule has 0 bridgehead atoms. The van der Waals surface area contributed by atoms with Crippen molar-refractivity contribution in [3.63, 3.8) is 0 Å². The van der Waals surface area contributed by atoms with Gasteiger partial charge in [0.2, 0.25) is 0 Å². The number of aryl methyl sites for hydroxylation is 1. The summed E-state index contributed by atoms with van der Waals surface area (Å²) in [5.41, 5.74) is 1.48. The highest BCUT2D eigenvalue weighted by Gasteiger charge is 2.32.